The Morgan fingerprint density at radius 2 is 1.48 bits per heavy atom. The molecule has 5 aromatic rings. The standard InChI is InChI=1S/C38H40N10O4/c1-24-3-4-29-19-28(9-10-33(29)48(24)25(2)49)26-5-7-27(8-6-26)36(50)45-11-13-46(14-12-45)37(51)32-23-47-22-31(30-20-40-38(39)41-21-30)42-34(35(47)43-32)44-15-17-52-18-16-44/h5-10,19-24H,3-4,11-18H2,1-2H3,(H2,39,40,41). The van der Waals surface area contributed by atoms with E-state index >= 15 is 0 Å². The second-order valence-corrected chi connectivity index (χ2v) is 13.5. The number of carbonyl (C=O) groups is 3. The Morgan fingerprint density at radius 3 is 2.17 bits per heavy atom. The number of nitrogens with zero attached hydrogens (tertiary/aromatic N) is 9. The number of nitrogens with two attached hydrogens (primary N) is 1. The van der Waals surface area contributed by atoms with Crippen molar-refractivity contribution in [3.63, 3.8) is 0 Å². The highest BCUT2D eigenvalue weighted by Gasteiger charge is 2.29. The second kappa shape index (κ2) is 13.7. The van der Waals surface area contributed by atoms with Crippen LogP contribution in [0.2, 0.25) is 0 Å². The van der Waals surface area contributed by atoms with Gasteiger partial charge >= 0.3 is 0 Å². The molecule has 266 valence electrons. The summed E-state index contributed by atoms with van der Waals surface area (Å²) in [6.45, 7) is 7.75. The number of hydrogen-bond donors (Lipinski definition) is 1. The molecule has 1 unspecified atom stereocenters. The van der Waals surface area contributed by atoms with Gasteiger partial charge in [-0.05, 0) is 60.7 Å². The average Bonchev–Trinajstić information content (AvgIpc) is 3.62. The highest BCUT2D eigenvalue weighted by molar-refractivity contribution is 5.97. The fourth-order valence-corrected chi connectivity index (χ4v) is 7.36. The zero-order valence-corrected chi connectivity index (χ0v) is 29.2. The number of piperazine rings is 1. The Hall–Kier alpha value is -5.89. The molecular formula is C38H40N10O4. The maximum Gasteiger partial charge on any atom is 0.274 e. The molecule has 6 heterocycles. The Labute approximate surface area is 300 Å². The van der Waals surface area contributed by atoms with Crippen LogP contribution in [0.25, 0.3) is 28.0 Å². The number of hydrogen-bond acceptors (Lipinski definition) is 10. The molecule has 8 rings (SSSR count). The van der Waals surface area contributed by atoms with E-state index in [0.29, 0.717) is 86.5 Å². The van der Waals surface area contributed by atoms with Crippen molar-refractivity contribution in [2.75, 3.05) is 68.0 Å². The van der Waals surface area contributed by atoms with Crippen LogP contribution in [0.4, 0.5) is 17.5 Å². The van der Waals surface area contributed by atoms with Gasteiger partial charge in [-0.3, -0.25) is 14.4 Å². The monoisotopic (exact) mass is 700 g/mol. The molecule has 0 spiro atoms. The number of ether oxygens (including phenoxy) is 1. The Kier molecular flexibility index (Phi) is 8.75. The van der Waals surface area contributed by atoms with Gasteiger partial charge in [0.1, 0.15) is 5.69 Å². The average molecular weight is 701 g/mol. The largest absolute Gasteiger partial charge is 0.378 e. The van der Waals surface area contributed by atoms with Crippen molar-refractivity contribution in [2.45, 2.75) is 32.7 Å². The van der Waals surface area contributed by atoms with E-state index in [1.54, 1.807) is 35.3 Å². The molecule has 3 aliphatic heterocycles. The molecule has 3 amide bonds. The van der Waals surface area contributed by atoms with Crippen LogP contribution in [-0.2, 0) is 16.0 Å². The van der Waals surface area contributed by atoms with Crippen molar-refractivity contribution in [3.05, 3.63) is 84.1 Å². The number of aryl methyl sites for hydroxylation is 1. The summed E-state index contributed by atoms with van der Waals surface area (Å²) in [7, 11) is 0. The summed E-state index contributed by atoms with van der Waals surface area (Å²) < 4.78 is 7.39. The van der Waals surface area contributed by atoms with Crippen molar-refractivity contribution in [3.8, 4) is 22.4 Å². The van der Waals surface area contributed by atoms with Crippen LogP contribution in [0.5, 0.6) is 0 Å². The minimum atomic E-state index is -0.198. The summed E-state index contributed by atoms with van der Waals surface area (Å²) in [6.07, 6.45) is 8.64. The van der Waals surface area contributed by atoms with Crippen LogP contribution >= 0.6 is 0 Å². The van der Waals surface area contributed by atoms with Crippen molar-refractivity contribution >= 4 is 40.8 Å². The molecule has 14 nitrogen and oxygen atoms in total. The predicted octanol–water partition coefficient (Wildman–Crippen LogP) is 3.56. The first kappa shape index (κ1) is 33.3. The first-order valence-electron chi connectivity index (χ1n) is 17.7. The van der Waals surface area contributed by atoms with Gasteiger partial charge in [-0.1, -0.05) is 18.2 Å². The van der Waals surface area contributed by atoms with Gasteiger partial charge in [-0.2, -0.15) is 0 Å². The molecule has 14 heteroatoms. The normalized spacial score (nSPS) is 17.7. The van der Waals surface area contributed by atoms with E-state index in [4.69, 9.17) is 20.4 Å². The third kappa shape index (κ3) is 6.30. The number of rotatable bonds is 5. The number of nitrogen functional groups attached to an aromatic ring is 1. The molecule has 0 saturated carbocycles. The van der Waals surface area contributed by atoms with Gasteiger partial charge < -0.3 is 34.5 Å². The number of anilines is 3. The number of imidazole rings is 1. The van der Waals surface area contributed by atoms with Gasteiger partial charge in [0.05, 0.1) is 18.9 Å². The van der Waals surface area contributed by atoms with E-state index in [2.05, 4.69) is 27.9 Å². The summed E-state index contributed by atoms with van der Waals surface area (Å²) >= 11 is 0. The molecule has 2 saturated heterocycles. The van der Waals surface area contributed by atoms with E-state index < -0.39 is 0 Å². The van der Waals surface area contributed by atoms with E-state index in [9.17, 15) is 14.4 Å². The third-order valence-corrected chi connectivity index (χ3v) is 10.2. The molecular weight excluding hydrogens is 660 g/mol. The maximum absolute atomic E-state index is 13.8. The molecule has 2 fully saturated rings. The Balaban J connectivity index is 0.950. The number of amides is 3. The van der Waals surface area contributed by atoms with Crippen molar-refractivity contribution in [1.29, 1.82) is 0 Å². The summed E-state index contributed by atoms with van der Waals surface area (Å²) in [5, 5.41) is 0. The smallest absolute Gasteiger partial charge is 0.274 e. The van der Waals surface area contributed by atoms with Gasteiger partial charge in [0, 0.05) is 93.8 Å². The molecule has 1 atom stereocenters. The van der Waals surface area contributed by atoms with Gasteiger partial charge in [0.2, 0.25) is 11.9 Å². The second-order valence-electron chi connectivity index (χ2n) is 13.5. The van der Waals surface area contributed by atoms with Crippen LogP contribution < -0.4 is 15.5 Å². The fraction of sp³-hybridized carbons (Fsp3) is 0.342. The van der Waals surface area contributed by atoms with Crippen LogP contribution in [0.3, 0.4) is 0 Å². The molecule has 3 aliphatic rings. The predicted molar refractivity (Wildman–Crippen MR) is 196 cm³/mol. The van der Waals surface area contributed by atoms with Crippen LogP contribution in [0.15, 0.2) is 67.3 Å². The lowest BCUT2D eigenvalue weighted by Crippen LogP contribution is -2.50. The summed E-state index contributed by atoms with van der Waals surface area (Å²) in [5.41, 5.74) is 12.7. The first-order valence-corrected chi connectivity index (χ1v) is 17.7. The van der Waals surface area contributed by atoms with E-state index in [-0.39, 0.29) is 29.7 Å². The number of fused-ring (bicyclic) bond motifs is 2. The first-order chi connectivity index (χ1) is 25.2. The van der Waals surface area contributed by atoms with Crippen molar-refractivity contribution in [2.24, 2.45) is 0 Å². The summed E-state index contributed by atoms with van der Waals surface area (Å²) in [5.74, 6) is 0.619. The van der Waals surface area contributed by atoms with Gasteiger partial charge in [0.15, 0.2) is 11.5 Å². The zero-order valence-electron chi connectivity index (χ0n) is 29.2. The summed E-state index contributed by atoms with van der Waals surface area (Å²) in [6, 6.07) is 14.1. The lowest BCUT2D eigenvalue weighted by atomic mass is 9.93. The number of carbonyl (C=O) groups excluding carboxylic acids is 3. The molecule has 0 radical (unpaired) electrons. The quantitative estimate of drug-likeness (QED) is 0.288. The van der Waals surface area contributed by atoms with Crippen LogP contribution in [0.1, 0.15) is 46.7 Å². The lowest BCUT2D eigenvalue weighted by Gasteiger charge is -2.35. The van der Waals surface area contributed by atoms with Crippen LogP contribution in [-0.4, -0.2) is 110 Å². The number of aromatic nitrogens is 5. The lowest BCUT2D eigenvalue weighted by molar-refractivity contribution is -0.117. The maximum atomic E-state index is 13.8. The van der Waals surface area contributed by atoms with Crippen molar-refractivity contribution < 1.29 is 19.1 Å². The molecule has 3 aromatic heterocycles. The minimum absolute atomic E-state index is 0.0563. The van der Waals surface area contributed by atoms with E-state index in [1.165, 1.54) is 0 Å². The van der Waals surface area contributed by atoms with Crippen molar-refractivity contribution in [1.82, 2.24) is 34.1 Å². The van der Waals surface area contributed by atoms with Gasteiger partial charge in [-0.25, -0.2) is 19.9 Å². The zero-order chi connectivity index (χ0) is 35.9. The number of benzene rings is 2. The molecule has 0 bridgehead atoms. The molecule has 2 aromatic carbocycles. The highest BCUT2D eigenvalue weighted by Crippen LogP contribution is 2.34. The van der Waals surface area contributed by atoms with Crippen LogP contribution in [0, 0.1) is 0 Å². The molecule has 0 aliphatic carbocycles. The highest BCUT2D eigenvalue weighted by atomic mass is 16.5. The fourth-order valence-electron chi connectivity index (χ4n) is 7.36. The van der Waals surface area contributed by atoms with E-state index in [1.807, 2.05) is 51.9 Å². The Morgan fingerprint density at radius 1 is 0.808 bits per heavy atom. The van der Waals surface area contributed by atoms with E-state index in [0.717, 1.165) is 35.2 Å². The minimum Gasteiger partial charge on any atom is -0.378 e. The topological polar surface area (TPSA) is 155 Å². The third-order valence-electron chi connectivity index (χ3n) is 10.2. The van der Waals surface area contributed by atoms with Gasteiger partial charge in [-0.15, -0.1) is 0 Å². The SMILES string of the molecule is CC(=O)N1c2ccc(-c3ccc(C(=O)N4CCN(C(=O)c5cn6cc(-c7cnc(N)nc7)nc(N7CCOCC7)c6n5)CC4)cc3)cc2CCC1C. The molecule has 2 N–H and O–H groups in total. The Bertz CT molecular complexity index is 2150. The number of morpholine rings is 1. The molecule has 52 heavy (non-hydrogen) atoms. The summed E-state index contributed by atoms with van der Waals surface area (Å²) in [4.78, 5) is 65.0. The van der Waals surface area contributed by atoms with Gasteiger partial charge in [0.25, 0.3) is 11.8 Å².